The maximum Gasteiger partial charge on any atom is 0.406 e. The summed E-state index contributed by atoms with van der Waals surface area (Å²) in [6, 6.07) is 3.46. The second-order valence-electron chi connectivity index (χ2n) is 4.04. The topological polar surface area (TPSA) is 33.2 Å². The summed E-state index contributed by atoms with van der Waals surface area (Å²) in [6.07, 6.45) is -3.40. The molecule has 1 amide bonds. The second kappa shape index (κ2) is 6.49. The van der Waals surface area contributed by atoms with Gasteiger partial charge < -0.3 is 4.90 Å². The summed E-state index contributed by atoms with van der Waals surface area (Å²) in [5.74, 6) is -1.81. The molecule has 0 spiro atoms. The zero-order valence-corrected chi connectivity index (χ0v) is 10.4. The van der Waals surface area contributed by atoms with Crippen LogP contribution in [0.5, 0.6) is 0 Å². The highest BCUT2D eigenvalue weighted by atomic mass is 19.4. The first-order valence-corrected chi connectivity index (χ1v) is 5.82. The molecule has 0 aromatic carbocycles. The SMILES string of the molecule is CCCCN(CC(F)(F)F)C(=O)c1cccc(F)n1. The minimum absolute atomic E-state index is 0.0347. The Labute approximate surface area is 108 Å². The van der Waals surface area contributed by atoms with E-state index >= 15 is 0 Å². The molecule has 1 heterocycles. The number of hydrogen-bond acceptors (Lipinski definition) is 2. The van der Waals surface area contributed by atoms with Crippen LogP contribution in [0, 0.1) is 5.95 Å². The summed E-state index contributed by atoms with van der Waals surface area (Å²) < 4.78 is 50.1. The average Bonchev–Trinajstić information content (AvgIpc) is 2.32. The molecule has 0 bridgehead atoms. The normalized spacial score (nSPS) is 11.4. The summed E-state index contributed by atoms with van der Waals surface area (Å²) in [5.41, 5.74) is -0.319. The summed E-state index contributed by atoms with van der Waals surface area (Å²) >= 11 is 0. The maximum absolute atomic E-state index is 12.9. The molecule has 0 saturated carbocycles. The molecule has 0 aliphatic carbocycles. The molecular formula is C12H14F4N2O. The van der Waals surface area contributed by atoms with Gasteiger partial charge in [-0.1, -0.05) is 19.4 Å². The van der Waals surface area contributed by atoms with Crippen molar-refractivity contribution in [3.05, 3.63) is 29.8 Å². The highest BCUT2D eigenvalue weighted by molar-refractivity contribution is 5.92. The fraction of sp³-hybridized carbons (Fsp3) is 0.500. The molecular weight excluding hydrogens is 264 g/mol. The number of alkyl halides is 3. The van der Waals surface area contributed by atoms with Gasteiger partial charge in [0.2, 0.25) is 5.95 Å². The van der Waals surface area contributed by atoms with E-state index in [1.807, 2.05) is 0 Å². The van der Waals surface area contributed by atoms with E-state index < -0.39 is 24.6 Å². The minimum Gasteiger partial charge on any atom is -0.328 e. The highest BCUT2D eigenvalue weighted by Crippen LogP contribution is 2.18. The monoisotopic (exact) mass is 278 g/mol. The molecule has 0 aliphatic heterocycles. The van der Waals surface area contributed by atoms with E-state index in [0.717, 1.165) is 6.07 Å². The zero-order chi connectivity index (χ0) is 14.5. The molecule has 0 atom stereocenters. The Morgan fingerprint density at radius 3 is 2.58 bits per heavy atom. The van der Waals surface area contributed by atoms with Crippen molar-refractivity contribution in [1.29, 1.82) is 0 Å². The summed E-state index contributed by atoms with van der Waals surface area (Å²) in [7, 11) is 0. The Bertz CT molecular complexity index is 434. The second-order valence-corrected chi connectivity index (χ2v) is 4.04. The van der Waals surface area contributed by atoms with Crippen LogP contribution in [0.15, 0.2) is 18.2 Å². The Hall–Kier alpha value is -1.66. The van der Waals surface area contributed by atoms with E-state index in [4.69, 9.17) is 0 Å². The largest absolute Gasteiger partial charge is 0.406 e. The quantitative estimate of drug-likeness (QED) is 0.612. The fourth-order valence-corrected chi connectivity index (χ4v) is 1.51. The minimum atomic E-state index is -4.49. The van der Waals surface area contributed by atoms with Gasteiger partial charge in [-0.2, -0.15) is 17.6 Å². The molecule has 1 aromatic rings. The molecule has 1 aromatic heterocycles. The Balaban J connectivity index is 2.87. The number of carbonyl (C=O) groups is 1. The Kier molecular flexibility index (Phi) is 5.26. The number of rotatable bonds is 5. The summed E-state index contributed by atoms with van der Waals surface area (Å²) in [4.78, 5) is 15.8. The van der Waals surface area contributed by atoms with Gasteiger partial charge in [-0.25, -0.2) is 4.98 Å². The number of hydrogen-bond donors (Lipinski definition) is 0. The third kappa shape index (κ3) is 5.23. The van der Waals surface area contributed by atoms with Crippen molar-refractivity contribution >= 4 is 5.91 Å². The molecule has 0 radical (unpaired) electrons. The van der Waals surface area contributed by atoms with E-state index in [2.05, 4.69) is 4.98 Å². The lowest BCUT2D eigenvalue weighted by atomic mass is 10.2. The summed E-state index contributed by atoms with van der Waals surface area (Å²) in [5, 5.41) is 0. The number of unbranched alkanes of at least 4 members (excludes halogenated alkanes) is 1. The molecule has 0 saturated heterocycles. The van der Waals surface area contributed by atoms with Gasteiger partial charge in [0.25, 0.3) is 5.91 Å². The van der Waals surface area contributed by atoms with E-state index in [0.29, 0.717) is 17.7 Å². The Morgan fingerprint density at radius 2 is 2.05 bits per heavy atom. The summed E-state index contributed by atoms with van der Waals surface area (Å²) in [6.45, 7) is 0.410. The predicted octanol–water partition coefficient (Wildman–Crippen LogP) is 3.03. The van der Waals surface area contributed by atoms with Gasteiger partial charge in [-0.15, -0.1) is 0 Å². The molecule has 19 heavy (non-hydrogen) atoms. The molecule has 3 nitrogen and oxygen atoms in total. The van der Waals surface area contributed by atoms with Crippen LogP contribution in [0.4, 0.5) is 17.6 Å². The number of carbonyl (C=O) groups excluding carboxylic acids is 1. The highest BCUT2D eigenvalue weighted by Gasteiger charge is 2.33. The predicted molar refractivity (Wildman–Crippen MR) is 61.1 cm³/mol. The zero-order valence-electron chi connectivity index (χ0n) is 10.4. The van der Waals surface area contributed by atoms with Gasteiger partial charge in [0.1, 0.15) is 12.2 Å². The molecule has 106 valence electrons. The van der Waals surface area contributed by atoms with Gasteiger partial charge >= 0.3 is 6.18 Å². The van der Waals surface area contributed by atoms with Gasteiger partial charge in [-0.3, -0.25) is 4.79 Å². The third-order valence-electron chi connectivity index (χ3n) is 2.37. The first-order valence-electron chi connectivity index (χ1n) is 5.82. The smallest absolute Gasteiger partial charge is 0.328 e. The van der Waals surface area contributed by atoms with E-state index in [-0.39, 0.29) is 12.2 Å². The lowest BCUT2D eigenvalue weighted by Gasteiger charge is -2.23. The molecule has 0 aliphatic rings. The van der Waals surface area contributed by atoms with Gasteiger partial charge in [0.05, 0.1) is 0 Å². The number of pyridine rings is 1. The van der Waals surface area contributed by atoms with E-state index in [9.17, 15) is 22.4 Å². The van der Waals surface area contributed by atoms with Crippen LogP contribution < -0.4 is 0 Å². The molecule has 0 N–H and O–H groups in total. The molecule has 7 heteroatoms. The number of halogens is 4. The number of amides is 1. The Morgan fingerprint density at radius 1 is 1.37 bits per heavy atom. The van der Waals surface area contributed by atoms with Crippen LogP contribution >= 0.6 is 0 Å². The standard InChI is InChI=1S/C12H14F4N2O/c1-2-3-7-18(8-12(14,15)16)11(19)9-5-4-6-10(13)17-9/h4-6H,2-3,7-8H2,1H3. The number of aromatic nitrogens is 1. The van der Waals surface area contributed by atoms with Crippen molar-refractivity contribution in [2.24, 2.45) is 0 Å². The number of nitrogens with zero attached hydrogens (tertiary/aromatic N) is 2. The molecule has 0 fully saturated rings. The van der Waals surface area contributed by atoms with Crippen LogP contribution in [0.1, 0.15) is 30.3 Å². The van der Waals surface area contributed by atoms with E-state index in [1.165, 1.54) is 12.1 Å². The van der Waals surface area contributed by atoms with Gasteiger partial charge in [0.15, 0.2) is 0 Å². The van der Waals surface area contributed by atoms with Crippen molar-refractivity contribution in [2.45, 2.75) is 25.9 Å². The van der Waals surface area contributed by atoms with Crippen molar-refractivity contribution in [3.8, 4) is 0 Å². The van der Waals surface area contributed by atoms with Crippen molar-refractivity contribution in [3.63, 3.8) is 0 Å². The first kappa shape index (κ1) is 15.4. The lowest BCUT2D eigenvalue weighted by molar-refractivity contribution is -0.140. The van der Waals surface area contributed by atoms with Crippen LogP contribution in [0.3, 0.4) is 0 Å². The van der Waals surface area contributed by atoms with E-state index in [1.54, 1.807) is 6.92 Å². The molecule has 1 rings (SSSR count). The fourth-order valence-electron chi connectivity index (χ4n) is 1.51. The van der Waals surface area contributed by atoms with Crippen LogP contribution in [-0.2, 0) is 0 Å². The van der Waals surface area contributed by atoms with Gasteiger partial charge in [-0.05, 0) is 18.6 Å². The van der Waals surface area contributed by atoms with Crippen LogP contribution in [0.2, 0.25) is 0 Å². The van der Waals surface area contributed by atoms with Crippen LogP contribution in [0.25, 0.3) is 0 Å². The lowest BCUT2D eigenvalue weighted by Crippen LogP contribution is -2.40. The third-order valence-corrected chi connectivity index (χ3v) is 2.37. The average molecular weight is 278 g/mol. The van der Waals surface area contributed by atoms with Gasteiger partial charge in [0, 0.05) is 6.54 Å². The first-order chi connectivity index (χ1) is 8.83. The van der Waals surface area contributed by atoms with Crippen molar-refractivity contribution in [2.75, 3.05) is 13.1 Å². The molecule has 0 unspecified atom stereocenters. The van der Waals surface area contributed by atoms with Crippen molar-refractivity contribution < 1.29 is 22.4 Å². The maximum atomic E-state index is 12.9. The van der Waals surface area contributed by atoms with Crippen molar-refractivity contribution in [1.82, 2.24) is 9.88 Å². The van der Waals surface area contributed by atoms with Crippen LogP contribution in [-0.4, -0.2) is 35.1 Å².